The average molecular weight is 121 g/mol. The van der Waals surface area contributed by atoms with E-state index in [2.05, 4.69) is 4.98 Å². The smallest absolute Gasteiger partial charge is 0.267 e. The maximum atomic E-state index is 10.6. The number of hydrogen-bond donors (Lipinski definition) is 0. The molecule has 0 radical (unpaired) electrons. The summed E-state index contributed by atoms with van der Waals surface area (Å²) in [4.78, 5) is 14.1. The molecule has 2 nitrogen and oxygen atoms in total. The highest BCUT2D eigenvalue weighted by atomic mass is 16.1. The molecule has 0 saturated heterocycles. The Balaban J connectivity index is 3.37. The van der Waals surface area contributed by atoms with Crippen LogP contribution in [0.3, 0.4) is 0 Å². The van der Waals surface area contributed by atoms with E-state index in [9.17, 15) is 4.79 Å². The van der Waals surface area contributed by atoms with Crippen molar-refractivity contribution >= 4 is 0 Å². The van der Waals surface area contributed by atoms with Crippen LogP contribution >= 0.6 is 0 Å². The zero-order chi connectivity index (χ0) is 6.69. The Labute approximate surface area is 53.2 Å². The summed E-state index contributed by atoms with van der Waals surface area (Å²) in [5.41, 5.74) is 0.759. The molecule has 0 aromatic carbocycles. The normalized spacial score (nSPS) is 9.00. The SMILES string of the molecule is Cc1cccnc(=O)c1. The molecule has 46 valence electrons. The van der Waals surface area contributed by atoms with Gasteiger partial charge in [-0.25, -0.2) is 4.98 Å². The second-order valence-corrected chi connectivity index (χ2v) is 1.86. The molecular formula is C7H7NO. The first-order valence-electron chi connectivity index (χ1n) is 2.72. The molecule has 0 spiro atoms. The van der Waals surface area contributed by atoms with Crippen molar-refractivity contribution in [2.24, 2.45) is 0 Å². The van der Waals surface area contributed by atoms with E-state index in [1.54, 1.807) is 6.07 Å². The molecule has 1 aromatic rings. The topological polar surface area (TPSA) is 30.0 Å². The Morgan fingerprint density at radius 2 is 2.33 bits per heavy atom. The van der Waals surface area contributed by atoms with Crippen LogP contribution in [0.5, 0.6) is 0 Å². The van der Waals surface area contributed by atoms with E-state index in [4.69, 9.17) is 0 Å². The summed E-state index contributed by atoms with van der Waals surface area (Å²) in [6, 6.07) is 5.09. The molecular weight excluding hydrogens is 114 g/mol. The van der Waals surface area contributed by atoms with Crippen LogP contribution in [-0.2, 0) is 0 Å². The summed E-state index contributed by atoms with van der Waals surface area (Å²) in [5.74, 6) is 0. The lowest BCUT2D eigenvalue weighted by Crippen LogP contribution is -1.97. The Morgan fingerprint density at radius 3 is 3.11 bits per heavy atom. The lowest BCUT2D eigenvalue weighted by Gasteiger charge is -1.73. The van der Waals surface area contributed by atoms with Gasteiger partial charge in [-0.3, -0.25) is 4.79 Å². The van der Waals surface area contributed by atoms with Crippen molar-refractivity contribution in [3.63, 3.8) is 0 Å². The van der Waals surface area contributed by atoms with Crippen molar-refractivity contribution in [3.8, 4) is 0 Å². The van der Waals surface area contributed by atoms with Crippen LogP contribution in [0, 0.1) is 6.92 Å². The summed E-state index contributed by atoms with van der Waals surface area (Å²) in [6.07, 6.45) is 1.50. The fourth-order valence-electron chi connectivity index (χ4n) is 0.591. The average Bonchev–Trinajstić information content (AvgIpc) is 1.93. The van der Waals surface area contributed by atoms with Gasteiger partial charge in [0.05, 0.1) is 0 Å². The van der Waals surface area contributed by atoms with Crippen molar-refractivity contribution in [1.29, 1.82) is 0 Å². The maximum absolute atomic E-state index is 10.6. The minimum absolute atomic E-state index is 0.183. The largest absolute Gasteiger partial charge is 0.269 e. The number of aromatic nitrogens is 1. The van der Waals surface area contributed by atoms with E-state index in [-0.39, 0.29) is 5.56 Å². The van der Waals surface area contributed by atoms with Gasteiger partial charge in [0.15, 0.2) is 0 Å². The third kappa shape index (κ3) is 1.64. The lowest BCUT2D eigenvalue weighted by atomic mass is 10.3. The summed E-state index contributed by atoms with van der Waals surface area (Å²) in [5, 5.41) is 0. The molecule has 0 atom stereocenters. The van der Waals surface area contributed by atoms with Crippen LogP contribution in [-0.4, -0.2) is 4.98 Å². The zero-order valence-corrected chi connectivity index (χ0v) is 5.16. The quantitative estimate of drug-likeness (QED) is 0.507. The monoisotopic (exact) mass is 121 g/mol. The van der Waals surface area contributed by atoms with Gasteiger partial charge >= 0.3 is 0 Å². The molecule has 0 saturated carbocycles. The van der Waals surface area contributed by atoms with Crippen molar-refractivity contribution in [2.45, 2.75) is 6.92 Å². The number of nitrogens with zero attached hydrogens (tertiary/aromatic N) is 1. The molecule has 0 bridgehead atoms. The standard InChI is InChI=1S/C7H7NO/c1-6-3-2-4-8-7(9)5-6/h2-5H,1H3. The Kier molecular flexibility index (Phi) is 1.58. The van der Waals surface area contributed by atoms with Crippen LogP contribution < -0.4 is 5.56 Å². The van der Waals surface area contributed by atoms with E-state index in [1.807, 2.05) is 13.0 Å². The summed E-state index contributed by atoms with van der Waals surface area (Å²) >= 11 is 0. The third-order valence-corrected chi connectivity index (χ3v) is 0.998. The molecule has 1 heterocycles. The van der Waals surface area contributed by atoms with E-state index in [0.29, 0.717) is 0 Å². The Bertz CT molecular complexity index is 257. The van der Waals surface area contributed by atoms with Crippen molar-refractivity contribution in [2.75, 3.05) is 0 Å². The predicted octanol–water partition coefficient (Wildman–Crippen LogP) is 0.750. The predicted molar refractivity (Wildman–Crippen MR) is 35.2 cm³/mol. The first-order valence-corrected chi connectivity index (χ1v) is 2.72. The van der Waals surface area contributed by atoms with Gasteiger partial charge in [-0.15, -0.1) is 0 Å². The van der Waals surface area contributed by atoms with Crippen LogP contribution in [0.25, 0.3) is 0 Å². The zero-order valence-electron chi connectivity index (χ0n) is 5.16. The minimum atomic E-state index is -0.183. The van der Waals surface area contributed by atoms with Gasteiger partial charge in [-0.2, -0.15) is 0 Å². The second-order valence-electron chi connectivity index (χ2n) is 1.86. The molecule has 1 aromatic heterocycles. The highest BCUT2D eigenvalue weighted by Gasteiger charge is 1.80. The first kappa shape index (κ1) is 5.95. The van der Waals surface area contributed by atoms with Crippen LogP contribution in [0.15, 0.2) is 29.2 Å². The van der Waals surface area contributed by atoms with Gasteiger partial charge in [-0.05, 0) is 18.6 Å². The molecule has 1 rings (SSSR count). The minimum Gasteiger partial charge on any atom is -0.267 e. The highest BCUT2D eigenvalue weighted by molar-refractivity contribution is 5.06. The Morgan fingerprint density at radius 1 is 1.56 bits per heavy atom. The summed E-state index contributed by atoms with van der Waals surface area (Å²) in [7, 11) is 0. The molecule has 0 aliphatic rings. The molecule has 0 aliphatic heterocycles. The molecule has 2 heteroatoms. The summed E-state index contributed by atoms with van der Waals surface area (Å²) < 4.78 is 0. The van der Waals surface area contributed by atoms with Gasteiger partial charge in [0.2, 0.25) is 0 Å². The number of hydrogen-bond acceptors (Lipinski definition) is 2. The molecule has 0 unspecified atom stereocenters. The molecule has 0 amide bonds. The maximum Gasteiger partial charge on any atom is 0.269 e. The fraction of sp³-hybridized carbons (Fsp3) is 0.143. The lowest BCUT2D eigenvalue weighted by molar-refractivity contribution is 1.27. The Hall–Kier alpha value is -1.18. The van der Waals surface area contributed by atoms with Gasteiger partial charge in [0.1, 0.15) is 0 Å². The first-order chi connectivity index (χ1) is 4.29. The van der Waals surface area contributed by atoms with E-state index < -0.39 is 0 Å². The van der Waals surface area contributed by atoms with Gasteiger partial charge in [0.25, 0.3) is 5.56 Å². The van der Waals surface area contributed by atoms with Crippen molar-refractivity contribution < 1.29 is 0 Å². The van der Waals surface area contributed by atoms with Crippen LogP contribution in [0.2, 0.25) is 0 Å². The number of rotatable bonds is 0. The number of aryl methyl sites for hydroxylation is 1. The van der Waals surface area contributed by atoms with Crippen LogP contribution in [0.4, 0.5) is 0 Å². The fourth-order valence-corrected chi connectivity index (χ4v) is 0.591. The highest BCUT2D eigenvalue weighted by Crippen LogP contribution is 1.85. The van der Waals surface area contributed by atoms with E-state index in [0.717, 1.165) is 5.56 Å². The van der Waals surface area contributed by atoms with Gasteiger partial charge < -0.3 is 0 Å². The molecule has 9 heavy (non-hydrogen) atoms. The molecule has 0 fully saturated rings. The van der Waals surface area contributed by atoms with Gasteiger partial charge in [0, 0.05) is 12.3 Å². The molecule has 0 N–H and O–H groups in total. The van der Waals surface area contributed by atoms with Crippen molar-refractivity contribution in [1.82, 2.24) is 4.98 Å². The molecule has 0 aliphatic carbocycles. The third-order valence-electron chi connectivity index (χ3n) is 0.998. The van der Waals surface area contributed by atoms with Gasteiger partial charge in [-0.1, -0.05) is 6.07 Å². The van der Waals surface area contributed by atoms with E-state index in [1.165, 1.54) is 12.3 Å². The summed E-state index contributed by atoms with van der Waals surface area (Å²) in [6.45, 7) is 1.86. The van der Waals surface area contributed by atoms with E-state index >= 15 is 0 Å². The van der Waals surface area contributed by atoms with Crippen molar-refractivity contribution in [3.05, 3.63) is 40.3 Å². The van der Waals surface area contributed by atoms with Crippen LogP contribution in [0.1, 0.15) is 5.56 Å². The second kappa shape index (κ2) is 2.40.